The molecule has 0 aliphatic rings. The van der Waals surface area contributed by atoms with Gasteiger partial charge < -0.3 is 14.6 Å². The molecule has 0 atom stereocenters. The van der Waals surface area contributed by atoms with E-state index in [9.17, 15) is 4.79 Å². The quantitative estimate of drug-likeness (QED) is 0.361. The molecule has 3 aromatic heterocycles. The molecule has 4 aromatic rings. The predicted octanol–water partition coefficient (Wildman–Crippen LogP) is 4.23. The Kier molecular flexibility index (Phi) is 6.61. The Morgan fingerprint density at radius 2 is 1.94 bits per heavy atom. The summed E-state index contributed by atoms with van der Waals surface area (Å²) in [6, 6.07) is 13.3. The van der Waals surface area contributed by atoms with Gasteiger partial charge in [-0.3, -0.25) is 13.9 Å². The molecule has 0 fully saturated rings. The van der Waals surface area contributed by atoms with E-state index in [0.717, 1.165) is 28.2 Å². The molecule has 0 aliphatic carbocycles. The van der Waals surface area contributed by atoms with Crippen LogP contribution in [0.3, 0.4) is 0 Å². The predicted molar refractivity (Wildman–Crippen MR) is 119 cm³/mol. The summed E-state index contributed by atoms with van der Waals surface area (Å²) in [5.41, 5.74) is 3.39. The van der Waals surface area contributed by atoms with Gasteiger partial charge in [-0.05, 0) is 43.2 Å². The van der Waals surface area contributed by atoms with E-state index in [2.05, 4.69) is 10.1 Å². The molecule has 1 aromatic carbocycles. The first-order chi connectivity index (χ1) is 15.5. The largest absolute Gasteiger partial charge is 0.487 e. The van der Waals surface area contributed by atoms with Crippen LogP contribution in [0.5, 0.6) is 11.6 Å². The summed E-state index contributed by atoms with van der Waals surface area (Å²) in [5.74, 6) is 0.373. The van der Waals surface area contributed by atoms with Crippen LogP contribution < -0.4 is 9.47 Å². The van der Waals surface area contributed by atoms with Gasteiger partial charge in [0.25, 0.3) is 0 Å². The highest BCUT2D eigenvalue weighted by molar-refractivity contribution is 6.29. The van der Waals surface area contributed by atoms with E-state index in [0.29, 0.717) is 37.2 Å². The van der Waals surface area contributed by atoms with Gasteiger partial charge in [0.05, 0.1) is 18.8 Å². The Morgan fingerprint density at radius 1 is 1.12 bits per heavy atom. The Labute approximate surface area is 190 Å². The monoisotopic (exact) mass is 454 g/mol. The number of benzene rings is 1. The number of aliphatic carboxylic acids is 1. The van der Waals surface area contributed by atoms with Crippen molar-refractivity contribution in [3.8, 4) is 11.6 Å². The highest BCUT2D eigenvalue weighted by atomic mass is 35.5. The summed E-state index contributed by atoms with van der Waals surface area (Å²) in [6.45, 7) is 3.22. The number of imidazole rings is 1. The molecule has 166 valence electrons. The second kappa shape index (κ2) is 9.74. The van der Waals surface area contributed by atoms with E-state index < -0.39 is 5.97 Å². The van der Waals surface area contributed by atoms with Gasteiger partial charge in [-0.25, -0.2) is 4.98 Å². The fraction of sp³-hybridized carbons (Fsp3) is 0.261. The summed E-state index contributed by atoms with van der Waals surface area (Å²) in [7, 11) is 0. The van der Waals surface area contributed by atoms with Crippen LogP contribution >= 0.6 is 11.6 Å². The van der Waals surface area contributed by atoms with Gasteiger partial charge in [0, 0.05) is 24.4 Å². The number of fused-ring (bicyclic) bond motifs is 1. The van der Waals surface area contributed by atoms with Gasteiger partial charge in [-0.1, -0.05) is 29.8 Å². The molecule has 3 heterocycles. The smallest absolute Gasteiger partial charge is 0.303 e. The number of aryl methyl sites for hydroxylation is 1. The molecule has 1 N–H and O–H groups in total. The zero-order chi connectivity index (χ0) is 22.5. The average Bonchev–Trinajstić information content (AvgIpc) is 3.36. The fourth-order valence-electron chi connectivity index (χ4n) is 3.33. The lowest BCUT2D eigenvalue weighted by molar-refractivity contribution is -0.136. The zero-order valence-corrected chi connectivity index (χ0v) is 18.3. The summed E-state index contributed by atoms with van der Waals surface area (Å²) in [6.07, 6.45) is 4.12. The maximum atomic E-state index is 10.9. The first-order valence-corrected chi connectivity index (χ1v) is 10.6. The highest BCUT2D eigenvalue weighted by Gasteiger charge is 2.12. The molecule has 0 saturated heterocycles. The Balaban J connectivity index is 1.38. The summed E-state index contributed by atoms with van der Waals surface area (Å²) >= 11 is 6.17. The van der Waals surface area contributed by atoms with Crippen molar-refractivity contribution < 1.29 is 19.4 Å². The molecule has 9 heteroatoms. The number of carbonyl (C=O) groups is 1. The number of hydrogen-bond donors (Lipinski definition) is 1. The van der Waals surface area contributed by atoms with Gasteiger partial charge in [0.15, 0.2) is 0 Å². The van der Waals surface area contributed by atoms with E-state index in [-0.39, 0.29) is 6.42 Å². The Bertz CT molecular complexity index is 1220. The third-order valence-corrected chi connectivity index (χ3v) is 5.14. The third-order valence-electron chi connectivity index (χ3n) is 4.84. The molecule has 0 aliphatic heterocycles. The van der Waals surface area contributed by atoms with Crippen molar-refractivity contribution in [3.05, 3.63) is 76.8 Å². The first-order valence-electron chi connectivity index (χ1n) is 10.3. The number of rotatable bonds is 10. The van der Waals surface area contributed by atoms with E-state index in [4.69, 9.17) is 26.2 Å². The summed E-state index contributed by atoms with van der Waals surface area (Å²) < 4.78 is 15.0. The van der Waals surface area contributed by atoms with Gasteiger partial charge >= 0.3 is 5.97 Å². The van der Waals surface area contributed by atoms with Crippen molar-refractivity contribution in [1.29, 1.82) is 0 Å². The zero-order valence-electron chi connectivity index (χ0n) is 17.6. The molecule has 32 heavy (non-hydrogen) atoms. The van der Waals surface area contributed by atoms with Crippen LogP contribution in [-0.4, -0.2) is 36.8 Å². The number of halogens is 1. The van der Waals surface area contributed by atoms with E-state index >= 15 is 0 Å². The molecule has 0 radical (unpaired) electrons. The standard InChI is InChI=1S/C23H23ClN4O4/c1-2-31-23-17(8-11-22(29)30)13-27(26-23)12-16-6-9-19(10-7-16)32-15-18-14-28-20(24)4-3-5-21(28)25-18/h3-7,9-10,13-14H,2,8,11-12,15H2,1H3,(H,29,30). The van der Waals surface area contributed by atoms with Crippen molar-refractivity contribution >= 4 is 23.2 Å². The second-order valence-electron chi connectivity index (χ2n) is 7.23. The van der Waals surface area contributed by atoms with Crippen molar-refractivity contribution in [2.45, 2.75) is 32.9 Å². The fourth-order valence-corrected chi connectivity index (χ4v) is 3.54. The van der Waals surface area contributed by atoms with Crippen LogP contribution in [-0.2, 0) is 24.4 Å². The average molecular weight is 455 g/mol. The van der Waals surface area contributed by atoms with Gasteiger partial charge in [-0.2, -0.15) is 0 Å². The topological polar surface area (TPSA) is 90.9 Å². The number of pyridine rings is 1. The first kappa shape index (κ1) is 21.7. The maximum Gasteiger partial charge on any atom is 0.303 e. The van der Waals surface area contributed by atoms with Gasteiger partial charge in [0.1, 0.15) is 23.2 Å². The molecule has 0 bridgehead atoms. The highest BCUT2D eigenvalue weighted by Crippen LogP contribution is 2.20. The molecule has 4 rings (SSSR count). The number of aromatic nitrogens is 4. The maximum absolute atomic E-state index is 10.9. The number of carboxylic acid groups (broad SMARTS) is 1. The minimum atomic E-state index is -0.845. The molecular weight excluding hydrogens is 432 g/mol. The third kappa shape index (κ3) is 5.20. The lowest BCUT2D eigenvalue weighted by Gasteiger charge is -2.06. The normalized spacial score (nSPS) is 11.1. The molecular formula is C23H23ClN4O4. The van der Waals surface area contributed by atoms with Crippen molar-refractivity contribution in [2.75, 3.05) is 6.61 Å². The minimum Gasteiger partial charge on any atom is -0.487 e. The summed E-state index contributed by atoms with van der Waals surface area (Å²) in [5, 5.41) is 14.0. The molecule has 0 saturated carbocycles. The van der Waals surface area contributed by atoms with Gasteiger partial charge in [0.2, 0.25) is 5.88 Å². The van der Waals surface area contributed by atoms with Crippen molar-refractivity contribution in [1.82, 2.24) is 19.2 Å². The number of hydrogen-bond acceptors (Lipinski definition) is 5. The Morgan fingerprint density at radius 3 is 2.66 bits per heavy atom. The van der Waals surface area contributed by atoms with Gasteiger partial charge in [-0.15, -0.1) is 5.10 Å². The minimum absolute atomic E-state index is 0.0380. The van der Waals surface area contributed by atoms with Crippen molar-refractivity contribution in [2.24, 2.45) is 0 Å². The number of nitrogens with zero attached hydrogens (tertiary/aromatic N) is 4. The van der Waals surface area contributed by atoms with Crippen LogP contribution in [0.2, 0.25) is 5.15 Å². The van der Waals surface area contributed by atoms with E-state index in [1.807, 2.05) is 66.2 Å². The SMILES string of the molecule is CCOc1nn(Cc2ccc(OCc3cn4c(Cl)cccc4n3)cc2)cc1CCC(=O)O. The van der Waals surface area contributed by atoms with E-state index in [1.165, 1.54) is 0 Å². The Hall–Kier alpha value is -3.52. The van der Waals surface area contributed by atoms with Crippen LogP contribution in [0, 0.1) is 0 Å². The number of ether oxygens (including phenoxy) is 2. The van der Waals surface area contributed by atoms with Crippen LogP contribution in [0.25, 0.3) is 5.65 Å². The molecule has 0 spiro atoms. The van der Waals surface area contributed by atoms with Crippen LogP contribution in [0.15, 0.2) is 54.9 Å². The molecule has 0 unspecified atom stereocenters. The van der Waals surface area contributed by atoms with Crippen LogP contribution in [0.4, 0.5) is 0 Å². The van der Waals surface area contributed by atoms with Crippen molar-refractivity contribution in [3.63, 3.8) is 0 Å². The lowest BCUT2D eigenvalue weighted by atomic mass is 10.2. The number of carboxylic acids is 1. The van der Waals surface area contributed by atoms with E-state index in [1.54, 1.807) is 4.68 Å². The lowest BCUT2D eigenvalue weighted by Crippen LogP contribution is -2.01. The molecule has 0 amide bonds. The van der Waals surface area contributed by atoms with Crippen LogP contribution in [0.1, 0.15) is 30.2 Å². The second-order valence-corrected chi connectivity index (χ2v) is 7.61. The summed E-state index contributed by atoms with van der Waals surface area (Å²) in [4.78, 5) is 15.4. The molecule has 8 nitrogen and oxygen atoms in total.